The van der Waals surface area contributed by atoms with E-state index in [4.69, 9.17) is 9.47 Å². The number of carbonyl (C=O) groups is 3. The largest absolute Gasteiger partial charge is 0.497 e. The summed E-state index contributed by atoms with van der Waals surface area (Å²) in [5.41, 5.74) is 0.891. The molecule has 1 saturated heterocycles. The number of ketones is 1. The van der Waals surface area contributed by atoms with E-state index in [1.165, 1.54) is 24.1 Å². The summed E-state index contributed by atoms with van der Waals surface area (Å²) in [6.07, 6.45) is 0.0147. The van der Waals surface area contributed by atoms with Crippen LogP contribution in [0.4, 0.5) is 10.1 Å². The van der Waals surface area contributed by atoms with E-state index in [1.54, 1.807) is 24.3 Å². The van der Waals surface area contributed by atoms with Gasteiger partial charge >= 0.3 is 5.97 Å². The molecular formula is C20H18FNO5. The van der Waals surface area contributed by atoms with Crippen molar-refractivity contribution >= 4 is 23.3 Å². The molecule has 3 rings (SSSR count). The van der Waals surface area contributed by atoms with Gasteiger partial charge in [-0.05, 0) is 36.4 Å². The Morgan fingerprint density at radius 2 is 1.93 bits per heavy atom. The average Bonchev–Trinajstić information content (AvgIpc) is 3.08. The van der Waals surface area contributed by atoms with Gasteiger partial charge in [0.15, 0.2) is 12.4 Å². The summed E-state index contributed by atoms with van der Waals surface area (Å²) in [4.78, 5) is 38.0. The molecule has 0 bridgehead atoms. The van der Waals surface area contributed by atoms with E-state index in [9.17, 15) is 18.8 Å². The maximum Gasteiger partial charge on any atom is 0.311 e. The first kappa shape index (κ1) is 18.6. The van der Waals surface area contributed by atoms with Crippen molar-refractivity contribution in [2.45, 2.75) is 6.42 Å². The molecule has 1 unspecified atom stereocenters. The number of hydrogen-bond donors (Lipinski definition) is 0. The first-order valence-corrected chi connectivity index (χ1v) is 8.37. The minimum Gasteiger partial charge on any atom is -0.497 e. The number of methoxy groups -OCH3 is 1. The van der Waals surface area contributed by atoms with Crippen LogP contribution in [0.25, 0.3) is 0 Å². The number of nitrogens with zero attached hydrogens (tertiary/aromatic N) is 1. The van der Waals surface area contributed by atoms with Gasteiger partial charge < -0.3 is 14.4 Å². The quantitative estimate of drug-likeness (QED) is 0.577. The van der Waals surface area contributed by atoms with E-state index in [0.29, 0.717) is 11.4 Å². The topological polar surface area (TPSA) is 72.9 Å². The smallest absolute Gasteiger partial charge is 0.311 e. The van der Waals surface area contributed by atoms with Crippen molar-refractivity contribution in [2.24, 2.45) is 5.92 Å². The number of carbonyl (C=O) groups excluding carboxylic acids is 3. The summed E-state index contributed by atoms with van der Waals surface area (Å²) in [7, 11) is 1.53. The van der Waals surface area contributed by atoms with Crippen molar-refractivity contribution in [3.8, 4) is 5.75 Å². The van der Waals surface area contributed by atoms with Crippen LogP contribution in [0.15, 0.2) is 48.5 Å². The van der Waals surface area contributed by atoms with E-state index in [-0.39, 0.29) is 24.4 Å². The summed E-state index contributed by atoms with van der Waals surface area (Å²) in [6.45, 7) is -0.274. The minimum absolute atomic E-state index is 0.0147. The van der Waals surface area contributed by atoms with E-state index in [0.717, 1.165) is 12.1 Å². The molecule has 27 heavy (non-hydrogen) atoms. The number of anilines is 1. The number of ether oxygens (including phenoxy) is 2. The predicted molar refractivity (Wildman–Crippen MR) is 95.1 cm³/mol. The van der Waals surface area contributed by atoms with Crippen molar-refractivity contribution < 1.29 is 28.2 Å². The normalized spacial score (nSPS) is 16.3. The predicted octanol–water partition coefficient (Wildman–Crippen LogP) is 2.61. The summed E-state index contributed by atoms with van der Waals surface area (Å²) in [6, 6.07) is 12.0. The molecule has 1 amide bonds. The Hall–Kier alpha value is -3.22. The number of benzene rings is 2. The standard InChI is InChI=1S/C20H18FNO5/c1-26-17-4-2-3-16(10-17)22-11-14(9-19(22)24)20(25)27-12-18(23)13-5-7-15(21)8-6-13/h2-8,10,14H,9,11-12H2,1H3. The lowest BCUT2D eigenvalue weighted by Gasteiger charge is -2.17. The van der Waals surface area contributed by atoms with E-state index in [2.05, 4.69) is 0 Å². The number of esters is 1. The monoisotopic (exact) mass is 371 g/mol. The fraction of sp³-hybridized carbons (Fsp3) is 0.250. The minimum atomic E-state index is -0.648. The number of halogens is 1. The van der Waals surface area contributed by atoms with Crippen LogP contribution in [-0.2, 0) is 14.3 Å². The molecule has 0 spiro atoms. The fourth-order valence-electron chi connectivity index (χ4n) is 2.87. The van der Waals surface area contributed by atoms with Gasteiger partial charge in [-0.3, -0.25) is 14.4 Å². The first-order valence-electron chi connectivity index (χ1n) is 8.37. The molecule has 2 aromatic rings. The van der Waals surface area contributed by atoms with Gasteiger partial charge in [0, 0.05) is 30.3 Å². The molecule has 0 saturated carbocycles. The maximum atomic E-state index is 12.9. The SMILES string of the molecule is COc1cccc(N2CC(C(=O)OCC(=O)c3ccc(F)cc3)CC2=O)c1. The van der Waals surface area contributed by atoms with Crippen LogP contribution in [0.5, 0.6) is 5.75 Å². The van der Waals surface area contributed by atoms with Crippen LogP contribution in [0.1, 0.15) is 16.8 Å². The Morgan fingerprint density at radius 1 is 1.19 bits per heavy atom. The van der Waals surface area contributed by atoms with Gasteiger partial charge in [-0.25, -0.2) is 4.39 Å². The van der Waals surface area contributed by atoms with Crippen molar-refractivity contribution in [1.29, 1.82) is 0 Å². The lowest BCUT2D eigenvalue weighted by molar-refractivity contribution is -0.147. The van der Waals surface area contributed by atoms with Gasteiger partial charge in [0.1, 0.15) is 11.6 Å². The molecule has 0 N–H and O–H groups in total. The Labute approximate surface area is 155 Å². The van der Waals surface area contributed by atoms with Crippen molar-refractivity contribution in [1.82, 2.24) is 0 Å². The highest BCUT2D eigenvalue weighted by Crippen LogP contribution is 2.28. The first-order chi connectivity index (χ1) is 13.0. The van der Waals surface area contributed by atoms with Gasteiger partial charge in [-0.1, -0.05) is 6.07 Å². The van der Waals surface area contributed by atoms with Crippen molar-refractivity contribution in [2.75, 3.05) is 25.2 Å². The van der Waals surface area contributed by atoms with Crippen LogP contribution >= 0.6 is 0 Å². The third kappa shape index (κ3) is 4.31. The number of amides is 1. The molecule has 1 atom stereocenters. The second-order valence-corrected chi connectivity index (χ2v) is 6.14. The Bertz CT molecular complexity index is 865. The summed E-state index contributed by atoms with van der Waals surface area (Å²) < 4.78 is 23.1. The molecule has 0 aromatic heterocycles. The van der Waals surface area contributed by atoms with Crippen LogP contribution in [-0.4, -0.2) is 37.9 Å². The van der Waals surface area contributed by atoms with Gasteiger partial charge in [0.2, 0.25) is 5.91 Å². The third-order valence-corrected chi connectivity index (χ3v) is 4.34. The van der Waals surface area contributed by atoms with Gasteiger partial charge in [-0.15, -0.1) is 0 Å². The molecular weight excluding hydrogens is 353 g/mol. The summed E-state index contributed by atoms with van der Waals surface area (Å²) >= 11 is 0. The highest BCUT2D eigenvalue weighted by Gasteiger charge is 2.36. The molecule has 0 radical (unpaired) electrons. The highest BCUT2D eigenvalue weighted by atomic mass is 19.1. The highest BCUT2D eigenvalue weighted by molar-refractivity contribution is 6.01. The zero-order valence-corrected chi connectivity index (χ0v) is 14.7. The Morgan fingerprint density at radius 3 is 2.63 bits per heavy atom. The molecule has 140 valence electrons. The second-order valence-electron chi connectivity index (χ2n) is 6.14. The summed E-state index contributed by atoms with van der Waals surface area (Å²) in [5, 5.41) is 0. The average molecular weight is 371 g/mol. The van der Waals surface area contributed by atoms with Crippen LogP contribution in [0, 0.1) is 11.7 Å². The molecule has 2 aromatic carbocycles. The van der Waals surface area contributed by atoms with Crippen molar-refractivity contribution in [3.05, 3.63) is 59.9 Å². The van der Waals surface area contributed by atoms with Crippen molar-refractivity contribution in [3.63, 3.8) is 0 Å². The molecule has 1 heterocycles. The zero-order valence-electron chi connectivity index (χ0n) is 14.7. The van der Waals surface area contributed by atoms with E-state index < -0.39 is 30.1 Å². The van der Waals surface area contributed by atoms with Crippen LogP contribution in [0.3, 0.4) is 0 Å². The van der Waals surface area contributed by atoms with Gasteiger partial charge in [-0.2, -0.15) is 0 Å². The fourth-order valence-corrected chi connectivity index (χ4v) is 2.87. The number of rotatable bonds is 6. The lowest BCUT2D eigenvalue weighted by Crippen LogP contribution is -2.27. The number of hydrogen-bond acceptors (Lipinski definition) is 5. The molecule has 7 heteroatoms. The van der Waals surface area contributed by atoms with Crippen LogP contribution < -0.4 is 9.64 Å². The van der Waals surface area contributed by atoms with E-state index in [1.807, 2.05) is 0 Å². The van der Waals surface area contributed by atoms with Crippen LogP contribution in [0.2, 0.25) is 0 Å². The molecule has 1 aliphatic heterocycles. The lowest BCUT2D eigenvalue weighted by atomic mass is 10.1. The number of Topliss-reactive ketones (excluding diaryl/α,β-unsaturated/α-hetero) is 1. The molecule has 1 fully saturated rings. The molecule has 1 aliphatic rings. The maximum absolute atomic E-state index is 12.9. The zero-order chi connectivity index (χ0) is 19.4. The Balaban J connectivity index is 1.58. The van der Waals surface area contributed by atoms with E-state index >= 15 is 0 Å². The Kier molecular flexibility index (Phi) is 5.49. The van der Waals surface area contributed by atoms with Gasteiger partial charge in [0.05, 0.1) is 13.0 Å². The summed E-state index contributed by atoms with van der Waals surface area (Å²) in [5.74, 6) is -1.73. The molecule has 0 aliphatic carbocycles. The third-order valence-electron chi connectivity index (χ3n) is 4.34. The van der Waals surface area contributed by atoms with Gasteiger partial charge in [0.25, 0.3) is 0 Å². The molecule has 6 nitrogen and oxygen atoms in total. The second kappa shape index (κ2) is 7.99.